The number of aryl methyl sites for hydroxylation is 1. The number of nitrogens with one attached hydrogen (secondary N) is 2. The molecule has 0 bridgehead atoms. The van der Waals surface area contributed by atoms with Gasteiger partial charge >= 0.3 is 0 Å². The lowest BCUT2D eigenvalue weighted by atomic mass is 10.3. The summed E-state index contributed by atoms with van der Waals surface area (Å²) in [6.07, 6.45) is 1.50. The molecule has 0 aliphatic rings. The van der Waals surface area contributed by atoms with E-state index in [1.807, 2.05) is 26.0 Å². The highest BCUT2D eigenvalue weighted by atomic mass is 16.3. The predicted molar refractivity (Wildman–Crippen MR) is 55.1 cm³/mol. The molecule has 1 atom stereocenters. The summed E-state index contributed by atoms with van der Waals surface area (Å²) < 4.78 is 5.44. The van der Waals surface area contributed by atoms with Gasteiger partial charge in [-0.15, -0.1) is 0 Å². The fourth-order valence-electron chi connectivity index (χ4n) is 1.35. The topological polar surface area (TPSA) is 66.7 Å². The molecule has 0 saturated carbocycles. The van der Waals surface area contributed by atoms with Crippen molar-refractivity contribution in [3.05, 3.63) is 35.8 Å². The van der Waals surface area contributed by atoms with Gasteiger partial charge in [-0.2, -0.15) is 5.10 Å². The standard InChI is InChI=1S/C10H14N4O/c1-7-3-4-9(15-7)5-11-8(2)10-12-6-13-14-10/h3-4,6,8,11H,5H2,1-2H3,(H,12,13,14). The van der Waals surface area contributed by atoms with E-state index in [4.69, 9.17) is 4.42 Å². The molecule has 0 amide bonds. The van der Waals surface area contributed by atoms with E-state index in [0.717, 1.165) is 17.3 Å². The van der Waals surface area contributed by atoms with Crippen LogP contribution in [0, 0.1) is 6.92 Å². The van der Waals surface area contributed by atoms with Crippen molar-refractivity contribution in [3.63, 3.8) is 0 Å². The van der Waals surface area contributed by atoms with Gasteiger partial charge in [-0.25, -0.2) is 4.98 Å². The van der Waals surface area contributed by atoms with E-state index in [9.17, 15) is 0 Å². The number of nitrogens with zero attached hydrogens (tertiary/aromatic N) is 2. The van der Waals surface area contributed by atoms with Crippen LogP contribution >= 0.6 is 0 Å². The summed E-state index contributed by atoms with van der Waals surface area (Å²) in [7, 11) is 0. The molecule has 0 saturated heterocycles. The van der Waals surface area contributed by atoms with E-state index in [2.05, 4.69) is 20.5 Å². The normalized spacial score (nSPS) is 12.9. The molecule has 2 aromatic rings. The van der Waals surface area contributed by atoms with Crippen LogP contribution in [0.4, 0.5) is 0 Å². The van der Waals surface area contributed by atoms with E-state index in [0.29, 0.717) is 6.54 Å². The molecule has 5 heteroatoms. The smallest absolute Gasteiger partial charge is 0.141 e. The van der Waals surface area contributed by atoms with E-state index < -0.39 is 0 Å². The van der Waals surface area contributed by atoms with Crippen molar-refractivity contribution in [2.75, 3.05) is 0 Å². The van der Waals surface area contributed by atoms with Gasteiger partial charge in [0.1, 0.15) is 23.7 Å². The van der Waals surface area contributed by atoms with E-state index in [-0.39, 0.29) is 6.04 Å². The minimum absolute atomic E-state index is 0.137. The van der Waals surface area contributed by atoms with Gasteiger partial charge in [0.15, 0.2) is 0 Å². The molecule has 2 N–H and O–H groups in total. The molecule has 0 aliphatic carbocycles. The summed E-state index contributed by atoms with van der Waals surface area (Å²) in [5, 5.41) is 9.91. The molecule has 0 radical (unpaired) electrons. The summed E-state index contributed by atoms with van der Waals surface area (Å²) in [4.78, 5) is 4.07. The molecule has 2 heterocycles. The minimum atomic E-state index is 0.137. The van der Waals surface area contributed by atoms with Gasteiger partial charge in [0.25, 0.3) is 0 Å². The molecular weight excluding hydrogens is 192 g/mol. The molecule has 0 fully saturated rings. The lowest BCUT2D eigenvalue weighted by Gasteiger charge is -2.08. The number of furan rings is 1. The second kappa shape index (κ2) is 4.27. The molecule has 2 aromatic heterocycles. The van der Waals surface area contributed by atoms with Crippen molar-refractivity contribution >= 4 is 0 Å². The Balaban J connectivity index is 1.88. The molecule has 0 spiro atoms. The summed E-state index contributed by atoms with van der Waals surface area (Å²) in [5.41, 5.74) is 0. The molecule has 0 aliphatic heterocycles. The highest BCUT2D eigenvalue weighted by Gasteiger charge is 2.08. The Kier molecular flexibility index (Phi) is 2.82. The fourth-order valence-corrected chi connectivity index (χ4v) is 1.35. The lowest BCUT2D eigenvalue weighted by molar-refractivity contribution is 0.439. The first-order valence-electron chi connectivity index (χ1n) is 4.89. The zero-order valence-corrected chi connectivity index (χ0v) is 8.82. The van der Waals surface area contributed by atoms with Gasteiger partial charge in [0.05, 0.1) is 12.6 Å². The van der Waals surface area contributed by atoms with E-state index in [1.165, 1.54) is 6.33 Å². The molecule has 15 heavy (non-hydrogen) atoms. The Morgan fingerprint density at radius 1 is 1.53 bits per heavy atom. The van der Waals surface area contributed by atoms with Crippen molar-refractivity contribution in [2.45, 2.75) is 26.4 Å². The van der Waals surface area contributed by atoms with Crippen molar-refractivity contribution in [2.24, 2.45) is 0 Å². The maximum atomic E-state index is 5.44. The van der Waals surface area contributed by atoms with Crippen LogP contribution in [0.3, 0.4) is 0 Å². The SMILES string of the molecule is Cc1ccc(CNC(C)c2ncn[nH]2)o1. The van der Waals surface area contributed by atoms with E-state index in [1.54, 1.807) is 0 Å². The Hall–Kier alpha value is -1.62. The van der Waals surface area contributed by atoms with Crippen LogP contribution in [0.15, 0.2) is 22.9 Å². The first-order valence-corrected chi connectivity index (χ1v) is 4.89. The van der Waals surface area contributed by atoms with Crippen molar-refractivity contribution < 1.29 is 4.42 Å². The van der Waals surface area contributed by atoms with Gasteiger partial charge in [0.2, 0.25) is 0 Å². The average molecular weight is 206 g/mol. The monoisotopic (exact) mass is 206 g/mol. The summed E-state index contributed by atoms with van der Waals surface area (Å²) >= 11 is 0. The number of rotatable bonds is 4. The maximum absolute atomic E-state index is 5.44. The molecular formula is C10H14N4O. The zero-order chi connectivity index (χ0) is 10.7. The number of aromatic nitrogens is 3. The molecule has 1 unspecified atom stereocenters. The average Bonchev–Trinajstić information content (AvgIpc) is 2.84. The number of hydrogen-bond acceptors (Lipinski definition) is 4. The first-order chi connectivity index (χ1) is 7.25. The van der Waals surface area contributed by atoms with Crippen LogP contribution in [0.25, 0.3) is 0 Å². The van der Waals surface area contributed by atoms with Crippen LogP contribution in [0.5, 0.6) is 0 Å². The molecule has 5 nitrogen and oxygen atoms in total. The maximum Gasteiger partial charge on any atom is 0.141 e. The second-order valence-corrected chi connectivity index (χ2v) is 3.49. The Morgan fingerprint density at radius 2 is 2.40 bits per heavy atom. The Morgan fingerprint density at radius 3 is 3.00 bits per heavy atom. The third kappa shape index (κ3) is 2.44. The van der Waals surface area contributed by atoms with Gasteiger partial charge in [-0.1, -0.05) is 0 Å². The van der Waals surface area contributed by atoms with E-state index >= 15 is 0 Å². The number of hydrogen-bond donors (Lipinski definition) is 2. The minimum Gasteiger partial charge on any atom is -0.465 e. The quantitative estimate of drug-likeness (QED) is 0.796. The Labute approximate surface area is 87.9 Å². The number of H-pyrrole nitrogens is 1. The van der Waals surface area contributed by atoms with Crippen molar-refractivity contribution in [3.8, 4) is 0 Å². The molecule has 2 rings (SSSR count). The van der Waals surface area contributed by atoms with Crippen LogP contribution < -0.4 is 5.32 Å². The summed E-state index contributed by atoms with van der Waals surface area (Å²) in [6, 6.07) is 4.06. The second-order valence-electron chi connectivity index (χ2n) is 3.49. The summed E-state index contributed by atoms with van der Waals surface area (Å²) in [6.45, 7) is 4.65. The van der Waals surface area contributed by atoms with Gasteiger partial charge in [0, 0.05) is 0 Å². The molecule has 0 aromatic carbocycles. The van der Waals surface area contributed by atoms with Gasteiger partial charge < -0.3 is 9.73 Å². The lowest BCUT2D eigenvalue weighted by Crippen LogP contribution is -2.18. The number of aromatic amines is 1. The Bertz CT molecular complexity index is 407. The summed E-state index contributed by atoms with van der Waals surface area (Å²) in [5.74, 6) is 2.69. The third-order valence-electron chi connectivity index (χ3n) is 2.22. The highest BCUT2D eigenvalue weighted by molar-refractivity contribution is 5.05. The van der Waals surface area contributed by atoms with Crippen LogP contribution in [0.2, 0.25) is 0 Å². The predicted octanol–water partition coefficient (Wildman–Crippen LogP) is 1.56. The van der Waals surface area contributed by atoms with Gasteiger partial charge in [-0.05, 0) is 26.0 Å². The first kappa shape index (κ1) is 9.92. The highest BCUT2D eigenvalue weighted by Crippen LogP contribution is 2.09. The molecule has 80 valence electrons. The van der Waals surface area contributed by atoms with Crippen molar-refractivity contribution in [1.29, 1.82) is 0 Å². The van der Waals surface area contributed by atoms with Crippen LogP contribution in [0.1, 0.15) is 30.3 Å². The van der Waals surface area contributed by atoms with Crippen molar-refractivity contribution in [1.82, 2.24) is 20.5 Å². The zero-order valence-electron chi connectivity index (χ0n) is 8.82. The fraction of sp³-hybridized carbons (Fsp3) is 0.400. The van der Waals surface area contributed by atoms with Crippen LogP contribution in [-0.2, 0) is 6.54 Å². The van der Waals surface area contributed by atoms with Gasteiger partial charge in [-0.3, -0.25) is 5.10 Å². The third-order valence-corrected chi connectivity index (χ3v) is 2.22. The largest absolute Gasteiger partial charge is 0.465 e. The van der Waals surface area contributed by atoms with Crippen LogP contribution in [-0.4, -0.2) is 15.2 Å².